The fourth-order valence-electron chi connectivity index (χ4n) is 4.34. The quantitative estimate of drug-likeness (QED) is 0.857. The third-order valence-corrected chi connectivity index (χ3v) is 5.81. The molecule has 3 aliphatic heterocycles. The molecular formula is C21H31N3O4. The van der Waals surface area contributed by atoms with Crippen LogP contribution in [0.15, 0.2) is 18.3 Å². The Balaban J connectivity index is 1.46. The summed E-state index contributed by atoms with van der Waals surface area (Å²) in [5, 5.41) is 9.45. The van der Waals surface area contributed by atoms with E-state index in [1.165, 1.54) is 0 Å². The molecule has 2 atom stereocenters. The van der Waals surface area contributed by atoms with Crippen LogP contribution in [0.3, 0.4) is 0 Å². The zero-order valence-corrected chi connectivity index (χ0v) is 17.0. The van der Waals surface area contributed by atoms with Crippen molar-refractivity contribution in [2.24, 2.45) is 0 Å². The summed E-state index contributed by atoms with van der Waals surface area (Å²) in [6.07, 6.45) is 5.91. The largest absolute Gasteiger partial charge is 0.474 e. The van der Waals surface area contributed by atoms with E-state index < -0.39 is 5.60 Å². The third kappa shape index (κ3) is 4.19. The molecule has 1 aromatic heterocycles. The average Bonchev–Trinajstić information content (AvgIpc) is 2.93. The number of hydrogen-bond acceptors (Lipinski definition) is 6. The standard InChI is InChI=1S/C21H31N3O4/c1-21(2,3)28-20(26)24-13-15-5-4-6-16(24)12-23(15)14-7-8-22-19(9-14)27-18-10-17(25)11-18/h7-9,15-18,25H,4-6,10-13H2,1-3H3. The first-order valence-electron chi connectivity index (χ1n) is 10.4. The molecule has 154 valence electrons. The Morgan fingerprint density at radius 1 is 1.21 bits per heavy atom. The molecule has 4 aliphatic rings. The Morgan fingerprint density at radius 3 is 2.68 bits per heavy atom. The van der Waals surface area contributed by atoms with Gasteiger partial charge in [-0.15, -0.1) is 0 Å². The van der Waals surface area contributed by atoms with Gasteiger partial charge in [0.15, 0.2) is 0 Å². The zero-order valence-electron chi connectivity index (χ0n) is 17.0. The van der Waals surface area contributed by atoms with Crippen LogP contribution in [0, 0.1) is 0 Å². The summed E-state index contributed by atoms with van der Waals surface area (Å²) >= 11 is 0. The number of carbonyl (C=O) groups is 1. The molecule has 0 aromatic carbocycles. The Labute approximate surface area is 166 Å². The minimum Gasteiger partial charge on any atom is -0.474 e. The van der Waals surface area contributed by atoms with Crippen LogP contribution < -0.4 is 9.64 Å². The van der Waals surface area contributed by atoms with E-state index in [-0.39, 0.29) is 30.4 Å². The zero-order chi connectivity index (χ0) is 19.9. The fourth-order valence-corrected chi connectivity index (χ4v) is 4.34. The van der Waals surface area contributed by atoms with Gasteiger partial charge in [-0.2, -0.15) is 0 Å². The number of rotatable bonds is 3. The van der Waals surface area contributed by atoms with Gasteiger partial charge >= 0.3 is 6.09 Å². The SMILES string of the molecule is CC(C)(C)OC(=O)N1CC2CCCC1CN2c1ccnc(OC2CC(O)C2)c1. The van der Waals surface area contributed by atoms with Gasteiger partial charge in [0.2, 0.25) is 5.88 Å². The number of carbonyl (C=O) groups excluding carboxylic acids is 1. The van der Waals surface area contributed by atoms with Gasteiger partial charge < -0.3 is 24.4 Å². The molecule has 1 aromatic rings. The van der Waals surface area contributed by atoms with Crippen LogP contribution in [0.1, 0.15) is 52.9 Å². The summed E-state index contributed by atoms with van der Waals surface area (Å²) in [5.74, 6) is 0.610. The van der Waals surface area contributed by atoms with Crippen molar-refractivity contribution < 1.29 is 19.4 Å². The predicted octanol–water partition coefficient (Wildman–Crippen LogP) is 2.96. The molecule has 1 N–H and O–H groups in total. The minimum absolute atomic E-state index is 0.0565. The molecular weight excluding hydrogens is 358 g/mol. The fraction of sp³-hybridized carbons (Fsp3) is 0.714. The highest BCUT2D eigenvalue weighted by atomic mass is 16.6. The second-order valence-electron chi connectivity index (χ2n) is 9.24. The average molecular weight is 389 g/mol. The highest BCUT2D eigenvalue weighted by molar-refractivity contribution is 5.69. The van der Waals surface area contributed by atoms with Gasteiger partial charge in [0.1, 0.15) is 11.7 Å². The number of hydrogen-bond donors (Lipinski definition) is 1. The van der Waals surface area contributed by atoms with Crippen molar-refractivity contribution in [3.05, 3.63) is 18.3 Å². The van der Waals surface area contributed by atoms with Gasteiger partial charge in [0.05, 0.1) is 12.1 Å². The minimum atomic E-state index is -0.477. The lowest BCUT2D eigenvalue weighted by molar-refractivity contribution is -0.0128. The number of aliphatic hydroxyl groups excluding tert-OH is 1. The summed E-state index contributed by atoms with van der Waals surface area (Å²) in [5.41, 5.74) is 0.611. The number of anilines is 1. The number of piperazine rings is 1. The van der Waals surface area contributed by atoms with Crippen LogP contribution in [0.4, 0.5) is 10.5 Å². The number of fused-ring (bicyclic) bond motifs is 4. The van der Waals surface area contributed by atoms with Crippen molar-refractivity contribution >= 4 is 11.8 Å². The lowest BCUT2D eigenvalue weighted by atomic mass is 9.92. The number of amides is 1. The van der Waals surface area contributed by atoms with Crippen LogP contribution in [0.5, 0.6) is 5.88 Å². The van der Waals surface area contributed by atoms with E-state index in [1.807, 2.05) is 37.8 Å². The first kappa shape index (κ1) is 19.3. The second-order valence-corrected chi connectivity index (χ2v) is 9.24. The smallest absolute Gasteiger partial charge is 0.410 e. The number of pyridine rings is 1. The van der Waals surface area contributed by atoms with Crippen molar-refractivity contribution in [3.8, 4) is 5.88 Å². The Hall–Kier alpha value is -2.02. The van der Waals surface area contributed by atoms with E-state index in [1.54, 1.807) is 6.20 Å². The summed E-state index contributed by atoms with van der Waals surface area (Å²) in [7, 11) is 0. The number of nitrogens with zero attached hydrogens (tertiary/aromatic N) is 3. The van der Waals surface area contributed by atoms with Crippen LogP contribution in [-0.4, -0.2) is 64.1 Å². The van der Waals surface area contributed by atoms with Crippen molar-refractivity contribution in [1.82, 2.24) is 9.88 Å². The van der Waals surface area contributed by atoms with Gasteiger partial charge in [-0.1, -0.05) is 0 Å². The van der Waals surface area contributed by atoms with Crippen LogP contribution >= 0.6 is 0 Å². The number of aliphatic hydroxyl groups is 1. The van der Waals surface area contributed by atoms with Gasteiger partial charge in [-0.3, -0.25) is 0 Å². The molecule has 4 heterocycles. The molecule has 7 heteroatoms. The van der Waals surface area contributed by atoms with E-state index in [0.717, 1.165) is 31.5 Å². The normalized spacial score (nSPS) is 29.9. The second kappa shape index (κ2) is 7.43. The Morgan fingerprint density at radius 2 is 1.96 bits per heavy atom. The van der Waals surface area contributed by atoms with Crippen LogP contribution in [0.2, 0.25) is 0 Å². The summed E-state index contributed by atoms with van der Waals surface area (Å²) in [6.45, 7) is 7.22. The molecule has 0 radical (unpaired) electrons. The van der Waals surface area contributed by atoms with Crippen LogP contribution in [-0.2, 0) is 4.74 Å². The summed E-state index contributed by atoms with van der Waals surface area (Å²) in [6, 6.07) is 4.43. The van der Waals surface area contributed by atoms with Gasteiger partial charge in [-0.25, -0.2) is 9.78 Å². The van der Waals surface area contributed by atoms with Crippen molar-refractivity contribution in [3.63, 3.8) is 0 Å². The third-order valence-electron chi connectivity index (χ3n) is 5.81. The lowest BCUT2D eigenvalue weighted by Gasteiger charge is -2.45. The summed E-state index contributed by atoms with van der Waals surface area (Å²) in [4.78, 5) is 21.3. The summed E-state index contributed by atoms with van der Waals surface area (Å²) < 4.78 is 11.5. The maximum atomic E-state index is 12.7. The molecule has 2 unspecified atom stereocenters. The molecule has 4 fully saturated rings. The monoisotopic (exact) mass is 389 g/mol. The lowest BCUT2D eigenvalue weighted by Crippen LogP contribution is -2.59. The highest BCUT2D eigenvalue weighted by Crippen LogP contribution is 2.34. The number of aromatic nitrogens is 1. The first-order valence-corrected chi connectivity index (χ1v) is 10.4. The van der Waals surface area contributed by atoms with E-state index in [0.29, 0.717) is 25.3 Å². The maximum absolute atomic E-state index is 12.7. The molecule has 0 spiro atoms. The van der Waals surface area contributed by atoms with Gasteiger partial charge in [-0.05, 0) is 46.1 Å². The van der Waals surface area contributed by atoms with E-state index in [9.17, 15) is 9.90 Å². The Kier molecular flexibility index (Phi) is 5.12. The molecule has 7 nitrogen and oxygen atoms in total. The molecule has 28 heavy (non-hydrogen) atoms. The molecule has 2 bridgehead atoms. The molecule has 5 rings (SSSR count). The first-order chi connectivity index (χ1) is 13.3. The van der Waals surface area contributed by atoms with Gasteiger partial charge in [0.25, 0.3) is 0 Å². The maximum Gasteiger partial charge on any atom is 0.410 e. The van der Waals surface area contributed by atoms with Crippen molar-refractivity contribution in [1.29, 1.82) is 0 Å². The van der Waals surface area contributed by atoms with E-state index >= 15 is 0 Å². The molecule has 3 saturated heterocycles. The number of ether oxygens (including phenoxy) is 2. The Bertz CT molecular complexity index is 714. The van der Waals surface area contributed by atoms with Crippen LogP contribution in [0.25, 0.3) is 0 Å². The molecule has 1 aliphatic carbocycles. The van der Waals surface area contributed by atoms with Crippen molar-refractivity contribution in [2.75, 3.05) is 18.0 Å². The van der Waals surface area contributed by atoms with Crippen molar-refractivity contribution in [2.45, 2.75) is 82.8 Å². The van der Waals surface area contributed by atoms with Gasteiger partial charge in [0, 0.05) is 49.9 Å². The highest BCUT2D eigenvalue weighted by Gasteiger charge is 2.40. The predicted molar refractivity (Wildman–Crippen MR) is 106 cm³/mol. The molecule has 1 amide bonds. The van der Waals surface area contributed by atoms with E-state index in [2.05, 4.69) is 9.88 Å². The van der Waals surface area contributed by atoms with E-state index in [4.69, 9.17) is 9.47 Å². The topological polar surface area (TPSA) is 75.1 Å². The molecule has 1 saturated carbocycles.